The van der Waals surface area contributed by atoms with Crippen molar-refractivity contribution in [2.75, 3.05) is 55.9 Å². The largest absolute Gasteiger partial charge is 0.378 e. The summed E-state index contributed by atoms with van der Waals surface area (Å²) in [4.78, 5) is 15.8. The number of nitrogens with one attached hydrogen (secondary N) is 2. The molecule has 3 heterocycles. The van der Waals surface area contributed by atoms with Gasteiger partial charge in [-0.25, -0.2) is 0 Å². The van der Waals surface area contributed by atoms with Crippen molar-refractivity contribution >= 4 is 28.9 Å². The molecule has 1 aliphatic heterocycles. The fraction of sp³-hybridized carbons (Fsp3) is 0.583. The van der Waals surface area contributed by atoms with Gasteiger partial charge in [0.15, 0.2) is 11.5 Å². The van der Waals surface area contributed by atoms with Crippen molar-refractivity contribution in [3.05, 3.63) is 0 Å². The topological polar surface area (TPSA) is 80.1 Å². The van der Waals surface area contributed by atoms with Gasteiger partial charge in [-0.2, -0.15) is 15.0 Å². The van der Waals surface area contributed by atoms with Crippen LogP contribution in [-0.4, -0.2) is 59.9 Å². The van der Waals surface area contributed by atoms with Gasteiger partial charge >= 0.3 is 0 Å². The molecule has 1 fully saturated rings. The molecule has 1 saturated heterocycles. The molecule has 0 bridgehead atoms. The smallest absolute Gasteiger partial charge is 0.229 e. The van der Waals surface area contributed by atoms with Gasteiger partial charge in [-0.3, -0.25) is 0 Å². The van der Waals surface area contributed by atoms with Crippen LogP contribution in [0.25, 0.3) is 11.2 Å². The van der Waals surface area contributed by atoms with Gasteiger partial charge in [0.2, 0.25) is 11.9 Å². The second-order valence-electron chi connectivity index (χ2n) is 4.64. The molecule has 2 aromatic rings. The van der Waals surface area contributed by atoms with Gasteiger partial charge in [0, 0.05) is 34.2 Å². The Labute approximate surface area is 117 Å². The Bertz CT molecular complexity index is 618. The second kappa shape index (κ2) is 5.12. The summed E-state index contributed by atoms with van der Waals surface area (Å²) >= 11 is 0. The Morgan fingerprint density at radius 2 is 1.80 bits per heavy atom. The average molecular weight is 277 g/mol. The van der Waals surface area contributed by atoms with E-state index in [1.807, 2.05) is 25.7 Å². The van der Waals surface area contributed by atoms with Crippen molar-refractivity contribution < 1.29 is 4.74 Å². The number of aryl methyl sites for hydroxylation is 1. The summed E-state index contributed by atoms with van der Waals surface area (Å²) in [5, 5.41) is 6.19. The first-order chi connectivity index (χ1) is 9.74. The van der Waals surface area contributed by atoms with Crippen LogP contribution in [0.1, 0.15) is 0 Å². The van der Waals surface area contributed by atoms with E-state index >= 15 is 0 Å². The first kappa shape index (κ1) is 12.9. The minimum atomic E-state index is 0.692. The van der Waals surface area contributed by atoms with E-state index in [2.05, 4.69) is 30.5 Å². The maximum atomic E-state index is 5.36. The molecular formula is C12H19N7O. The zero-order valence-corrected chi connectivity index (χ0v) is 12.0. The highest BCUT2D eigenvalue weighted by Gasteiger charge is 2.19. The zero-order valence-electron chi connectivity index (χ0n) is 12.0. The number of morpholine rings is 1. The zero-order chi connectivity index (χ0) is 14.1. The van der Waals surface area contributed by atoms with Crippen LogP contribution in [0.4, 0.5) is 17.7 Å². The number of ether oxygens (including phenoxy) is 1. The number of rotatable bonds is 3. The van der Waals surface area contributed by atoms with Crippen LogP contribution in [-0.2, 0) is 11.8 Å². The molecule has 0 amide bonds. The molecule has 0 spiro atoms. The summed E-state index contributed by atoms with van der Waals surface area (Å²) in [5.74, 6) is 2.25. The summed E-state index contributed by atoms with van der Waals surface area (Å²) in [6.45, 7) is 3.03. The molecule has 0 aromatic carbocycles. The lowest BCUT2D eigenvalue weighted by atomic mass is 10.4. The van der Waals surface area contributed by atoms with Gasteiger partial charge < -0.3 is 24.8 Å². The van der Waals surface area contributed by atoms with Crippen molar-refractivity contribution in [3.8, 4) is 0 Å². The SMILES string of the molecule is CNc1nc(N2CCOCC2)nc2nc(NC)n(C)c12. The van der Waals surface area contributed by atoms with E-state index in [0.717, 1.165) is 30.4 Å². The Balaban J connectivity index is 2.11. The lowest BCUT2D eigenvalue weighted by Gasteiger charge is -2.26. The quantitative estimate of drug-likeness (QED) is 0.834. The van der Waals surface area contributed by atoms with Crippen molar-refractivity contribution in [2.45, 2.75) is 0 Å². The highest BCUT2D eigenvalue weighted by Crippen LogP contribution is 2.25. The highest BCUT2D eigenvalue weighted by atomic mass is 16.5. The summed E-state index contributed by atoms with van der Waals surface area (Å²) in [6, 6.07) is 0. The van der Waals surface area contributed by atoms with E-state index in [-0.39, 0.29) is 0 Å². The van der Waals surface area contributed by atoms with E-state index in [1.165, 1.54) is 0 Å². The molecule has 0 radical (unpaired) electrons. The standard InChI is InChI=1S/C12H19N7O/c1-13-9-8-10(16-11(14-2)18(8)3)17-12(15-9)19-4-6-20-7-5-19/h4-7H2,1-3H3,(H2,13,14,15,16,17). The van der Waals surface area contributed by atoms with E-state index in [9.17, 15) is 0 Å². The molecule has 2 aromatic heterocycles. The molecule has 8 nitrogen and oxygen atoms in total. The van der Waals surface area contributed by atoms with E-state index in [4.69, 9.17) is 4.74 Å². The highest BCUT2D eigenvalue weighted by molar-refractivity contribution is 5.86. The molecule has 0 atom stereocenters. The normalized spacial score (nSPS) is 15.7. The summed E-state index contributed by atoms with van der Waals surface area (Å²) < 4.78 is 7.31. The average Bonchev–Trinajstić information content (AvgIpc) is 2.83. The first-order valence-electron chi connectivity index (χ1n) is 6.67. The molecule has 0 saturated carbocycles. The first-order valence-corrected chi connectivity index (χ1v) is 6.67. The number of anilines is 3. The van der Waals surface area contributed by atoms with E-state index in [1.54, 1.807) is 0 Å². The lowest BCUT2D eigenvalue weighted by Crippen LogP contribution is -2.37. The third kappa shape index (κ3) is 2.01. The van der Waals surface area contributed by atoms with Crippen molar-refractivity contribution in [1.82, 2.24) is 19.5 Å². The second-order valence-corrected chi connectivity index (χ2v) is 4.64. The Hall–Kier alpha value is -2.09. The molecular weight excluding hydrogens is 258 g/mol. The molecule has 20 heavy (non-hydrogen) atoms. The van der Waals surface area contributed by atoms with Crippen molar-refractivity contribution in [1.29, 1.82) is 0 Å². The number of hydrogen-bond donors (Lipinski definition) is 2. The molecule has 0 unspecified atom stereocenters. The van der Waals surface area contributed by atoms with Gasteiger partial charge in [-0.1, -0.05) is 0 Å². The van der Waals surface area contributed by atoms with Gasteiger partial charge in [-0.15, -0.1) is 0 Å². The Morgan fingerprint density at radius 1 is 1.05 bits per heavy atom. The number of hydrogen-bond acceptors (Lipinski definition) is 7. The van der Waals surface area contributed by atoms with Crippen LogP contribution in [0.2, 0.25) is 0 Å². The van der Waals surface area contributed by atoms with Gasteiger partial charge in [0.1, 0.15) is 5.52 Å². The summed E-state index contributed by atoms with van der Waals surface area (Å²) in [7, 11) is 5.65. The maximum absolute atomic E-state index is 5.36. The monoisotopic (exact) mass is 277 g/mol. The van der Waals surface area contributed by atoms with Crippen molar-refractivity contribution in [3.63, 3.8) is 0 Å². The minimum Gasteiger partial charge on any atom is -0.378 e. The van der Waals surface area contributed by atoms with Crippen LogP contribution < -0.4 is 15.5 Å². The maximum Gasteiger partial charge on any atom is 0.229 e. The fourth-order valence-corrected chi connectivity index (χ4v) is 2.40. The lowest BCUT2D eigenvalue weighted by molar-refractivity contribution is 0.122. The van der Waals surface area contributed by atoms with Crippen LogP contribution in [0.15, 0.2) is 0 Å². The third-order valence-corrected chi connectivity index (χ3v) is 3.47. The Kier molecular flexibility index (Phi) is 3.31. The fourth-order valence-electron chi connectivity index (χ4n) is 2.40. The molecule has 0 aliphatic carbocycles. The van der Waals surface area contributed by atoms with Crippen LogP contribution >= 0.6 is 0 Å². The Morgan fingerprint density at radius 3 is 2.45 bits per heavy atom. The molecule has 108 valence electrons. The molecule has 8 heteroatoms. The van der Waals surface area contributed by atoms with Crippen LogP contribution in [0, 0.1) is 0 Å². The summed E-state index contributed by atoms with van der Waals surface area (Å²) in [5.41, 5.74) is 1.59. The van der Waals surface area contributed by atoms with Crippen LogP contribution in [0.5, 0.6) is 0 Å². The van der Waals surface area contributed by atoms with Gasteiger partial charge in [0.25, 0.3) is 0 Å². The van der Waals surface area contributed by atoms with E-state index in [0.29, 0.717) is 24.8 Å². The third-order valence-electron chi connectivity index (χ3n) is 3.47. The predicted molar refractivity (Wildman–Crippen MR) is 78.4 cm³/mol. The van der Waals surface area contributed by atoms with Gasteiger partial charge in [-0.05, 0) is 0 Å². The number of nitrogens with zero attached hydrogens (tertiary/aromatic N) is 5. The van der Waals surface area contributed by atoms with E-state index < -0.39 is 0 Å². The van der Waals surface area contributed by atoms with Crippen LogP contribution in [0.3, 0.4) is 0 Å². The van der Waals surface area contributed by atoms with Crippen molar-refractivity contribution in [2.24, 2.45) is 7.05 Å². The molecule has 2 N–H and O–H groups in total. The predicted octanol–water partition coefficient (Wildman–Crippen LogP) is 0.283. The minimum absolute atomic E-state index is 0.692. The molecule has 1 aliphatic rings. The number of aromatic nitrogens is 4. The number of imidazole rings is 1. The summed E-state index contributed by atoms with van der Waals surface area (Å²) in [6.07, 6.45) is 0. The van der Waals surface area contributed by atoms with Gasteiger partial charge in [0.05, 0.1) is 13.2 Å². The number of fused-ring (bicyclic) bond motifs is 1. The molecule has 3 rings (SSSR count).